The van der Waals surface area contributed by atoms with Gasteiger partial charge >= 0.3 is 0 Å². The van der Waals surface area contributed by atoms with Gasteiger partial charge in [-0.1, -0.05) is 83.6 Å². The number of methoxy groups -OCH3 is 1. The van der Waals surface area contributed by atoms with E-state index in [1.54, 1.807) is 13.3 Å². The van der Waals surface area contributed by atoms with Crippen LogP contribution in [0.25, 0.3) is 11.3 Å². The lowest BCUT2D eigenvalue weighted by atomic mass is 10.1. The summed E-state index contributed by atoms with van der Waals surface area (Å²) in [6.07, 6.45) is 1.97. The zero-order chi connectivity index (χ0) is 23.0. The summed E-state index contributed by atoms with van der Waals surface area (Å²) in [5.74, 6) is 0.638. The molecule has 166 valence electrons. The second-order valence-electron chi connectivity index (χ2n) is 7.39. The van der Waals surface area contributed by atoms with Crippen molar-refractivity contribution in [2.24, 2.45) is 5.10 Å². The Labute approximate surface area is 197 Å². The highest BCUT2D eigenvalue weighted by Gasteiger charge is 2.16. The number of aryl methyl sites for hydroxylation is 1. The van der Waals surface area contributed by atoms with Gasteiger partial charge in [-0.15, -0.1) is 0 Å². The van der Waals surface area contributed by atoms with Crippen molar-refractivity contribution >= 4 is 33.6 Å². The number of amides is 1. The van der Waals surface area contributed by atoms with E-state index < -0.39 is 0 Å². The molecule has 1 amide bonds. The molecule has 1 heterocycles. The number of nitrogens with one attached hydrogen (secondary N) is 2. The molecule has 33 heavy (non-hydrogen) atoms. The van der Waals surface area contributed by atoms with Crippen molar-refractivity contribution in [2.75, 3.05) is 17.9 Å². The number of carbonyl (C=O) groups is 1. The average molecular weight is 457 g/mol. The average Bonchev–Trinajstić information content (AvgIpc) is 3.22. The zero-order valence-corrected chi connectivity index (χ0v) is 19.2. The van der Waals surface area contributed by atoms with Crippen LogP contribution in [-0.4, -0.2) is 24.2 Å². The quantitative estimate of drug-likeness (QED) is 0.261. The zero-order valence-electron chi connectivity index (χ0n) is 18.4. The SMILES string of the molecule is COc1ccccc1/C=N\Nc1nc(-c2ccc(C)cc2)c(NC(=O)Cc2ccccc2)s1. The summed E-state index contributed by atoms with van der Waals surface area (Å²) in [6.45, 7) is 2.03. The lowest BCUT2D eigenvalue weighted by Gasteiger charge is -2.06. The Hall–Kier alpha value is -3.97. The van der Waals surface area contributed by atoms with Crippen LogP contribution in [0.5, 0.6) is 5.75 Å². The molecule has 0 unspecified atom stereocenters. The Morgan fingerprint density at radius 3 is 2.52 bits per heavy atom. The summed E-state index contributed by atoms with van der Waals surface area (Å²) in [7, 11) is 1.62. The van der Waals surface area contributed by atoms with Crippen LogP contribution in [0.1, 0.15) is 16.7 Å². The molecule has 0 aliphatic rings. The highest BCUT2D eigenvalue weighted by molar-refractivity contribution is 7.20. The summed E-state index contributed by atoms with van der Waals surface area (Å²) in [5.41, 5.74) is 7.57. The molecule has 6 nitrogen and oxygen atoms in total. The van der Waals surface area contributed by atoms with E-state index in [0.717, 1.165) is 28.0 Å². The molecule has 4 rings (SSSR count). The van der Waals surface area contributed by atoms with E-state index in [2.05, 4.69) is 15.8 Å². The standard InChI is InChI=1S/C26H24N4O2S/c1-18-12-14-20(15-13-18)24-25(28-23(31)16-19-8-4-3-5-9-19)33-26(29-24)30-27-17-21-10-6-7-11-22(21)32-2/h3-15,17H,16H2,1-2H3,(H,28,31)(H,29,30)/b27-17-. The van der Waals surface area contributed by atoms with Crippen LogP contribution in [0.4, 0.5) is 10.1 Å². The number of thiazole rings is 1. The Balaban J connectivity index is 1.56. The molecule has 0 fully saturated rings. The number of para-hydroxylation sites is 1. The third-order valence-corrected chi connectivity index (χ3v) is 5.79. The minimum atomic E-state index is -0.0951. The number of nitrogens with zero attached hydrogens (tertiary/aromatic N) is 2. The van der Waals surface area contributed by atoms with Gasteiger partial charge in [-0.3, -0.25) is 10.2 Å². The molecule has 2 N–H and O–H groups in total. The van der Waals surface area contributed by atoms with Gasteiger partial charge < -0.3 is 10.1 Å². The van der Waals surface area contributed by atoms with Gasteiger partial charge in [-0.25, -0.2) is 4.98 Å². The summed E-state index contributed by atoms with van der Waals surface area (Å²) in [4.78, 5) is 17.4. The summed E-state index contributed by atoms with van der Waals surface area (Å²) in [6, 6.07) is 25.3. The van der Waals surface area contributed by atoms with Crippen molar-refractivity contribution in [1.29, 1.82) is 0 Å². The van der Waals surface area contributed by atoms with Gasteiger partial charge in [0.2, 0.25) is 11.0 Å². The van der Waals surface area contributed by atoms with E-state index >= 15 is 0 Å². The first-order chi connectivity index (χ1) is 16.1. The molecule has 0 spiro atoms. The summed E-state index contributed by atoms with van der Waals surface area (Å²) in [5, 5.41) is 8.59. The van der Waals surface area contributed by atoms with Gasteiger partial charge in [-0.05, 0) is 24.6 Å². The topological polar surface area (TPSA) is 75.6 Å². The van der Waals surface area contributed by atoms with Gasteiger partial charge in [0, 0.05) is 11.1 Å². The molecule has 1 aromatic heterocycles. The smallest absolute Gasteiger partial charge is 0.229 e. The van der Waals surface area contributed by atoms with Crippen LogP contribution < -0.4 is 15.5 Å². The summed E-state index contributed by atoms with van der Waals surface area (Å²) < 4.78 is 5.35. The number of hydrazone groups is 1. The van der Waals surface area contributed by atoms with Crippen molar-refractivity contribution in [2.45, 2.75) is 13.3 Å². The molecule has 3 aromatic carbocycles. The predicted molar refractivity (Wildman–Crippen MR) is 135 cm³/mol. The lowest BCUT2D eigenvalue weighted by molar-refractivity contribution is -0.115. The van der Waals surface area contributed by atoms with Gasteiger partial charge in [-0.2, -0.15) is 5.10 Å². The number of hydrogen-bond acceptors (Lipinski definition) is 6. The molecule has 0 saturated heterocycles. The molecule has 0 atom stereocenters. The maximum Gasteiger partial charge on any atom is 0.229 e. The monoisotopic (exact) mass is 456 g/mol. The van der Waals surface area contributed by atoms with Gasteiger partial charge in [0.25, 0.3) is 0 Å². The second kappa shape index (κ2) is 10.6. The number of benzene rings is 3. The van der Waals surface area contributed by atoms with Crippen molar-refractivity contribution < 1.29 is 9.53 Å². The normalized spacial score (nSPS) is 10.8. The molecule has 0 saturated carbocycles. The number of ether oxygens (including phenoxy) is 1. The highest BCUT2D eigenvalue weighted by atomic mass is 32.1. The van der Waals surface area contributed by atoms with Gasteiger partial charge in [0.05, 0.1) is 19.7 Å². The van der Waals surface area contributed by atoms with E-state index in [1.165, 1.54) is 11.3 Å². The first kappa shape index (κ1) is 22.2. The fourth-order valence-electron chi connectivity index (χ4n) is 3.24. The van der Waals surface area contributed by atoms with Crippen LogP contribution in [0.3, 0.4) is 0 Å². The minimum Gasteiger partial charge on any atom is -0.496 e. The van der Waals surface area contributed by atoms with Crippen molar-refractivity contribution in [1.82, 2.24) is 4.98 Å². The van der Waals surface area contributed by atoms with E-state index in [9.17, 15) is 4.79 Å². The molecule has 0 bridgehead atoms. The van der Waals surface area contributed by atoms with Crippen molar-refractivity contribution in [3.63, 3.8) is 0 Å². The van der Waals surface area contributed by atoms with Gasteiger partial charge in [0.15, 0.2) is 0 Å². The van der Waals surface area contributed by atoms with Crippen LogP contribution >= 0.6 is 11.3 Å². The fourth-order valence-corrected chi connectivity index (χ4v) is 4.10. The third kappa shape index (κ3) is 5.84. The van der Waals surface area contributed by atoms with Crippen LogP contribution in [0.2, 0.25) is 0 Å². The van der Waals surface area contributed by atoms with Crippen molar-refractivity contribution in [3.8, 4) is 17.0 Å². The first-order valence-electron chi connectivity index (χ1n) is 10.5. The largest absolute Gasteiger partial charge is 0.496 e. The second-order valence-corrected chi connectivity index (χ2v) is 8.38. The molecule has 7 heteroatoms. The van der Waals surface area contributed by atoms with Crippen LogP contribution in [0, 0.1) is 6.92 Å². The highest BCUT2D eigenvalue weighted by Crippen LogP contribution is 2.36. The Kier molecular flexibility index (Phi) is 7.12. The number of hydrogen-bond donors (Lipinski definition) is 2. The van der Waals surface area contributed by atoms with Crippen LogP contribution in [0.15, 0.2) is 84.0 Å². The van der Waals surface area contributed by atoms with Crippen LogP contribution in [-0.2, 0) is 11.2 Å². The Morgan fingerprint density at radius 2 is 1.76 bits per heavy atom. The number of aromatic nitrogens is 1. The fraction of sp³-hybridized carbons (Fsp3) is 0.115. The van der Waals surface area contributed by atoms with E-state index in [-0.39, 0.29) is 5.91 Å². The maximum absolute atomic E-state index is 12.7. The Bertz CT molecular complexity index is 1250. The number of anilines is 2. The first-order valence-corrected chi connectivity index (χ1v) is 11.3. The lowest BCUT2D eigenvalue weighted by Crippen LogP contribution is -2.14. The predicted octanol–water partition coefficient (Wildman–Crippen LogP) is 5.75. The van der Waals surface area contributed by atoms with Gasteiger partial charge in [0.1, 0.15) is 16.4 Å². The molecule has 4 aromatic rings. The van der Waals surface area contributed by atoms with Crippen molar-refractivity contribution in [3.05, 3.63) is 95.6 Å². The molecular weight excluding hydrogens is 432 g/mol. The Morgan fingerprint density at radius 1 is 1.03 bits per heavy atom. The molecule has 0 radical (unpaired) electrons. The summed E-state index contributed by atoms with van der Waals surface area (Å²) >= 11 is 1.34. The number of rotatable bonds is 8. The third-order valence-electron chi connectivity index (χ3n) is 4.92. The molecule has 0 aliphatic heterocycles. The molecule has 0 aliphatic carbocycles. The van der Waals surface area contributed by atoms with E-state index in [1.807, 2.05) is 85.8 Å². The van der Waals surface area contributed by atoms with E-state index in [0.29, 0.717) is 22.2 Å². The number of carbonyl (C=O) groups excluding carboxylic acids is 1. The maximum atomic E-state index is 12.7. The minimum absolute atomic E-state index is 0.0951. The van der Waals surface area contributed by atoms with E-state index in [4.69, 9.17) is 9.72 Å². The molecular formula is C26H24N4O2S.